The van der Waals surface area contributed by atoms with Gasteiger partial charge in [0, 0.05) is 18.1 Å². The number of benzene rings is 2. The van der Waals surface area contributed by atoms with Crippen molar-refractivity contribution in [1.29, 1.82) is 0 Å². The number of rotatable bonds is 14. The molecule has 0 aliphatic rings. The zero-order valence-corrected chi connectivity index (χ0v) is 20.1. The average molecular weight is 505 g/mol. The average Bonchev–Trinajstić information content (AvgIpc) is 2.88. The van der Waals surface area contributed by atoms with Crippen LogP contribution in [0.4, 0.5) is 0 Å². The third-order valence-corrected chi connectivity index (χ3v) is 6.29. The Balaban J connectivity index is 1.91. The van der Waals surface area contributed by atoms with Gasteiger partial charge in [-0.1, -0.05) is 20.1 Å². The Morgan fingerprint density at radius 2 is 1.23 bits per heavy atom. The third-order valence-electron chi connectivity index (χ3n) is 4.51. The van der Waals surface area contributed by atoms with Crippen molar-refractivity contribution >= 4 is 21.8 Å². The predicted molar refractivity (Wildman–Crippen MR) is 127 cm³/mol. The fourth-order valence-corrected chi connectivity index (χ4v) is 3.87. The SMILES string of the molecule is C=CC(=O)OCC(C)COc1ccc(S(=O)(=O)c2ccc(OCC(O)COC(=O)C=C)cc2)cc1. The highest BCUT2D eigenvalue weighted by Crippen LogP contribution is 2.25. The molecule has 2 aromatic rings. The number of esters is 2. The van der Waals surface area contributed by atoms with Crippen molar-refractivity contribution < 1.29 is 42.1 Å². The van der Waals surface area contributed by atoms with Crippen LogP contribution >= 0.6 is 0 Å². The van der Waals surface area contributed by atoms with Crippen LogP contribution in [0.25, 0.3) is 0 Å². The Morgan fingerprint density at radius 1 is 0.800 bits per heavy atom. The summed E-state index contributed by atoms with van der Waals surface area (Å²) in [6, 6.07) is 11.7. The molecule has 0 radical (unpaired) electrons. The zero-order chi connectivity index (χ0) is 25.8. The highest BCUT2D eigenvalue weighted by Gasteiger charge is 2.18. The lowest BCUT2D eigenvalue weighted by molar-refractivity contribution is -0.141. The van der Waals surface area contributed by atoms with Crippen LogP contribution in [0.2, 0.25) is 0 Å². The third kappa shape index (κ3) is 8.91. The molecule has 2 unspecified atom stereocenters. The van der Waals surface area contributed by atoms with Gasteiger partial charge in [-0.3, -0.25) is 0 Å². The largest absolute Gasteiger partial charge is 0.493 e. The normalized spacial score (nSPS) is 12.6. The standard InChI is InChI=1S/C25H28O9S/c1-4-24(27)33-15-18(3)14-31-20-6-10-22(11-7-20)35(29,30)23-12-8-21(9-13-23)32-16-19(26)17-34-25(28)5-2/h4-13,18-19,26H,1-2,14-17H2,3H3. The lowest BCUT2D eigenvalue weighted by Crippen LogP contribution is -2.24. The predicted octanol–water partition coefficient (Wildman–Crippen LogP) is 2.73. The van der Waals surface area contributed by atoms with E-state index in [2.05, 4.69) is 13.2 Å². The summed E-state index contributed by atoms with van der Waals surface area (Å²) in [5.74, 6) is -0.401. The summed E-state index contributed by atoms with van der Waals surface area (Å²) in [5, 5.41) is 9.77. The Morgan fingerprint density at radius 3 is 1.69 bits per heavy atom. The van der Waals surface area contributed by atoms with Crippen LogP contribution in [0.1, 0.15) is 6.92 Å². The van der Waals surface area contributed by atoms with Crippen molar-refractivity contribution in [2.24, 2.45) is 5.92 Å². The minimum Gasteiger partial charge on any atom is -0.493 e. The smallest absolute Gasteiger partial charge is 0.330 e. The molecule has 2 atom stereocenters. The maximum Gasteiger partial charge on any atom is 0.330 e. The minimum absolute atomic E-state index is 0.0636. The maximum absolute atomic E-state index is 12.9. The molecule has 0 fully saturated rings. The van der Waals surface area contributed by atoms with E-state index in [0.29, 0.717) is 11.5 Å². The number of hydrogen-bond acceptors (Lipinski definition) is 9. The van der Waals surface area contributed by atoms with E-state index < -0.39 is 27.9 Å². The quantitative estimate of drug-likeness (QED) is 0.305. The van der Waals surface area contributed by atoms with Crippen LogP contribution < -0.4 is 9.47 Å². The van der Waals surface area contributed by atoms with Gasteiger partial charge in [0.05, 0.1) is 23.0 Å². The van der Waals surface area contributed by atoms with Gasteiger partial charge in [0.1, 0.15) is 30.8 Å². The molecule has 1 N–H and O–H groups in total. The van der Waals surface area contributed by atoms with E-state index in [4.69, 9.17) is 18.9 Å². The number of carbonyl (C=O) groups is 2. The van der Waals surface area contributed by atoms with E-state index in [-0.39, 0.29) is 42.1 Å². The molecular weight excluding hydrogens is 476 g/mol. The lowest BCUT2D eigenvalue weighted by Gasteiger charge is -2.14. The molecular formula is C25H28O9S. The van der Waals surface area contributed by atoms with Crippen LogP contribution in [0.5, 0.6) is 11.5 Å². The summed E-state index contributed by atoms with van der Waals surface area (Å²) in [6.07, 6.45) is 1.03. The molecule has 0 amide bonds. The monoisotopic (exact) mass is 504 g/mol. The molecule has 10 heteroatoms. The van der Waals surface area contributed by atoms with E-state index in [1.165, 1.54) is 36.4 Å². The van der Waals surface area contributed by atoms with Gasteiger partial charge in [0.2, 0.25) is 9.84 Å². The molecule has 0 aromatic heterocycles. The summed E-state index contributed by atoms with van der Waals surface area (Å²) in [6.45, 7) is 8.50. The van der Waals surface area contributed by atoms with Crippen molar-refractivity contribution in [2.75, 3.05) is 26.4 Å². The van der Waals surface area contributed by atoms with Gasteiger partial charge in [-0.2, -0.15) is 0 Å². The Hall–Kier alpha value is -3.63. The summed E-state index contributed by atoms with van der Waals surface area (Å²) in [7, 11) is -3.77. The first-order valence-corrected chi connectivity index (χ1v) is 12.1. The highest BCUT2D eigenvalue weighted by molar-refractivity contribution is 7.91. The lowest BCUT2D eigenvalue weighted by atomic mass is 10.2. The topological polar surface area (TPSA) is 125 Å². The van der Waals surface area contributed by atoms with E-state index in [1.54, 1.807) is 12.1 Å². The molecule has 188 valence electrons. The number of sulfone groups is 1. The molecule has 0 saturated carbocycles. The molecule has 0 saturated heterocycles. The molecule has 0 aliphatic carbocycles. The van der Waals surface area contributed by atoms with Gasteiger partial charge < -0.3 is 24.1 Å². The van der Waals surface area contributed by atoms with E-state index >= 15 is 0 Å². The van der Waals surface area contributed by atoms with Crippen molar-refractivity contribution in [3.63, 3.8) is 0 Å². The zero-order valence-electron chi connectivity index (χ0n) is 19.3. The molecule has 0 spiro atoms. The fourth-order valence-electron chi connectivity index (χ4n) is 2.61. The van der Waals surface area contributed by atoms with Crippen molar-refractivity contribution in [1.82, 2.24) is 0 Å². The number of aliphatic hydroxyl groups is 1. The number of carbonyl (C=O) groups excluding carboxylic acids is 2. The van der Waals surface area contributed by atoms with Gasteiger partial charge in [-0.15, -0.1) is 0 Å². The summed E-state index contributed by atoms with van der Waals surface area (Å²) < 4.78 is 46.5. The van der Waals surface area contributed by atoms with Gasteiger partial charge in [0.15, 0.2) is 0 Å². The van der Waals surface area contributed by atoms with Crippen LogP contribution in [-0.4, -0.2) is 58.0 Å². The molecule has 35 heavy (non-hydrogen) atoms. The van der Waals surface area contributed by atoms with Gasteiger partial charge in [0.25, 0.3) is 0 Å². The molecule has 9 nitrogen and oxygen atoms in total. The second kappa shape index (κ2) is 13.3. The van der Waals surface area contributed by atoms with E-state index in [9.17, 15) is 23.1 Å². The fraction of sp³-hybridized carbons (Fsp3) is 0.280. The molecule has 0 aliphatic heterocycles. The van der Waals surface area contributed by atoms with E-state index in [0.717, 1.165) is 12.2 Å². The molecule has 0 bridgehead atoms. The first kappa shape index (κ1) is 27.6. The minimum atomic E-state index is -3.77. The number of hydrogen-bond donors (Lipinski definition) is 1. The molecule has 0 heterocycles. The summed E-state index contributed by atoms with van der Waals surface area (Å²) in [4.78, 5) is 22.3. The summed E-state index contributed by atoms with van der Waals surface area (Å²) in [5.41, 5.74) is 0. The van der Waals surface area contributed by atoms with Crippen LogP contribution in [0.3, 0.4) is 0 Å². The maximum atomic E-state index is 12.9. The Labute approximate surface area is 204 Å². The summed E-state index contributed by atoms with van der Waals surface area (Å²) >= 11 is 0. The molecule has 2 rings (SSSR count). The van der Waals surface area contributed by atoms with Crippen molar-refractivity contribution in [3.05, 3.63) is 73.8 Å². The number of ether oxygens (including phenoxy) is 4. The second-order valence-electron chi connectivity index (χ2n) is 7.50. The van der Waals surface area contributed by atoms with Crippen LogP contribution in [-0.2, 0) is 28.9 Å². The highest BCUT2D eigenvalue weighted by atomic mass is 32.2. The van der Waals surface area contributed by atoms with Crippen LogP contribution in [0.15, 0.2) is 83.6 Å². The van der Waals surface area contributed by atoms with E-state index in [1.807, 2.05) is 6.92 Å². The van der Waals surface area contributed by atoms with Crippen molar-refractivity contribution in [3.8, 4) is 11.5 Å². The van der Waals surface area contributed by atoms with Gasteiger partial charge in [-0.05, 0) is 48.5 Å². The Bertz CT molecular complexity index is 1020. The second-order valence-corrected chi connectivity index (χ2v) is 9.45. The molecule has 2 aromatic carbocycles. The first-order valence-electron chi connectivity index (χ1n) is 10.6. The van der Waals surface area contributed by atoms with Gasteiger partial charge >= 0.3 is 11.9 Å². The van der Waals surface area contributed by atoms with Crippen molar-refractivity contribution in [2.45, 2.75) is 22.8 Å². The van der Waals surface area contributed by atoms with Crippen LogP contribution in [0, 0.1) is 5.92 Å². The Kier molecular flexibility index (Phi) is 10.5. The number of aliphatic hydroxyl groups excluding tert-OH is 1. The van der Waals surface area contributed by atoms with Gasteiger partial charge in [-0.25, -0.2) is 18.0 Å². The first-order chi connectivity index (χ1) is 16.6.